The van der Waals surface area contributed by atoms with Gasteiger partial charge in [-0.15, -0.1) is 0 Å². The van der Waals surface area contributed by atoms with Crippen LogP contribution in [0.15, 0.2) is 30.6 Å². The first kappa shape index (κ1) is 18.5. The standard InChI is InChI=1S/C18H19F3N6O/c1-12-9-16(27-17(24-12)22-11-23-27)26-7-5-13(6-8-26)10-28-15-4-2-3-14(25-15)18(19,20)21/h2-4,9,11,13H,5-8,10H2,1H3. The Labute approximate surface area is 159 Å². The van der Waals surface area contributed by atoms with Crippen molar-refractivity contribution in [2.75, 3.05) is 24.6 Å². The normalized spacial score (nSPS) is 15.9. The van der Waals surface area contributed by atoms with E-state index in [1.165, 1.54) is 18.5 Å². The Morgan fingerprint density at radius 3 is 2.71 bits per heavy atom. The monoisotopic (exact) mass is 392 g/mol. The molecule has 10 heteroatoms. The van der Waals surface area contributed by atoms with Crippen LogP contribution in [0.3, 0.4) is 0 Å². The molecular formula is C18H19F3N6O. The second-order valence-electron chi connectivity index (χ2n) is 6.83. The quantitative estimate of drug-likeness (QED) is 0.680. The van der Waals surface area contributed by atoms with Crippen molar-refractivity contribution in [2.24, 2.45) is 5.92 Å². The van der Waals surface area contributed by atoms with Gasteiger partial charge in [0.1, 0.15) is 17.8 Å². The molecule has 7 nitrogen and oxygen atoms in total. The van der Waals surface area contributed by atoms with Gasteiger partial charge in [-0.2, -0.15) is 27.8 Å². The predicted molar refractivity (Wildman–Crippen MR) is 95.2 cm³/mol. The van der Waals surface area contributed by atoms with Gasteiger partial charge in [0, 0.05) is 30.9 Å². The molecule has 0 radical (unpaired) electrons. The van der Waals surface area contributed by atoms with Gasteiger partial charge in [-0.1, -0.05) is 6.07 Å². The molecule has 3 aromatic heterocycles. The van der Waals surface area contributed by atoms with E-state index in [9.17, 15) is 13.2 Å². The molecule has 1 saturated heterocycles. The number of ether oxygens (including phenoxy) is 1. The molecule has 1 aliphatic rings. The van der Waals surface area contributed by atoms with Gasteiger partial charge < -0.3 is 9.64 Å². The van der Waals surface area contributed by atoms with Crippen LogP contribution >= 0.6 is 0 Å². The molecule has 0 spiro atoms. The minimum atomic E-state index is -4.47. The first-order valence-electron chi connectivity index (χ1n) is 8.99. The Bertz CT molecular complexity index is 965. The molecular weight excluding hydrogens is 373 g/mol. The largest absolute Gasteiger partial charge is 0.477 e. The molecule has 0 unspecified atom stereocenters. The molecule has 0 bridgehead atoms. The smallest absolute Gasteiger partial charge is 0.433 e. The second kappa shape index (κ2) is 7.25. The summed E-state index contributed by atoms with van der Waals surface area (Å²) in [5, 5.41) is 4.23. The summed E-state index contributed by atoms with van der Waals surface area (Å²) in [7, 11) is 0. The Morgan fingerprint density at radius 2 is 1.96 bits per heavy atom. The van der Waals surface area contributed by atoms with E-state index in [0.717, 1.165) is 43.5 Å². The molecule has 4 rings (SSSR count). The van der Waals surface area contributed by atoms with E-state index >= 15 is 0 Å². The molecule has 1 aliphatic heterocycles. The number of halogens is 3. The van der Waals surface area contributed by atoms with Gasteiger partial charge in [-0.25, -0.2) is 9.97 Å². The number of hydrogen-bond donors (Lipinski definition) is 0. The summed E-state index contributed by atoms with van der Waals surface area (Å²) in [6.07, 6.45) is -1.28. The number of aromatic nitrogens is 5. The summed E-state index contributed by atoms with van der Waals surface area (Å²) >= 11 is 0. The number of fused-ring (bicyclic) bond motifs is 1. The first-order chi connectivity index (χ1) is 13.4. The zero-order valence-corrected chi connectivity index (χ0v) is 15.2. The van der Waals surface area contributed by atoms with Crippen LogP contribution in [-0.4, -0.2) is 44.3 Å². The molecule has 0 atom stereocenters. The maximum atomic E-state index is 12.7. The predicted octanol–water partition coefficient (Wildman–Crippen LogP) is 3.14. The van der Waals surface area contributed by atoms with Crippen molar-refractivity contribution in [3.05, 3.63) is 42.0 Å². The Morgan fingerprint density at radius 1 is 1.18 bits per heavy atom. The number of nitrogens with zero attached hydrogens (tertiary/aromatic N) is 6. The van der Waals surface area contributed by atoms with Gasteiger partial charge in [0.2, 0.25) is 5.88 Å². The number of aryl methyl sites for hydroxylation is 1. The third-order valence-electron chi connectivity index (χ3n) is 4.78. The highest BCUT2D eigenvalue weighted by Crippen LogP contribution is 2.29. The van der Waals surface area contributed by atoms with Gasteiger partial charge in [0.05, 0.1) is 6.61 Å². The first-order valence-corrected chi connectivity index (χ1v) is 8.99. The lowest BCUT2D eigenvalue weighted by Gasteiger charge is -2.33. The number of hydrogen-bond acceptors (Lipinski definition) is 6. The summed E-state index contributed by atoms with van der Waals surface area (Å²) < 4.78 is 45.5. The fourth-order valence-electron chi connectivity index (χ4n) is 3.32. The van der Waals surface area contributed by atoms with E-state index in [0.29, 0.717) is 12.4 Å². The Kier molecular flexibility index (Phi) is 4.78. The number of rotatable bonds is 4. The molecule has 1 fully saturated rings. The fourth-order valence-corrected chi connectivity index (χ4v) is 3.32. The van der Waals surface area contributed by atoms with E-state index in [2.05, 4.69) is 25.0 Å². The van der Waals surface area contributed by atoms with Crippen LogP contribution in [0.1, 0.15) is 24.2 Å². The van der Waals surface area contributed by atoms with E-state index in [-0.39, 0.29) is 11.8 Å². The average molecular weight is 392 g/mol. The third-order valence-corrected chi connectivity index (χ3v) is 4.78. The maximum Gasteiger partial charge on any atom is 0.433 e. The second-order valence-corrected chi connectivity index (χ2v) is 6.83. The van der Waals surface area contributed by atoms with Crippen molar-refractivity contribution in [3.8, 4) is 5.88 Å². The lowest BCUT2D eigenvalue weighted by Crippen LogP contribution is -2.36. The van der Waals surface area contributed by atoms with E-state index in [4.69, 9.17) is 4.74 Å². The number of anilines is 1. The zero-order chi connectivity index (χ0) is 19.7. The lowest BCUT2D eigenvalue weighted by molar-refractivity contribution is -0.141. The summed E-state index contributed by atoms with van der Waals surface area (Å²) in [6.45, 7) is 3.85. The SMILES string of the molecule is Cc1cc(N2CCC(COc3cccc(C(F)(F)F)n3)CC2)n2ncnc2n1. The molecule has 0 aromatic carbocycles. The van der Waals surface area contributed by atoms with Gasteiger partial charge in [0.15, 0.2) is 0 Å². The van der Waals surface area contributed by atoms with E-state index in [1.807, 2.05) is 13.0 Å². The fraction of sp³-hybridized carbons (Fsp3) is 0.444. The van der Waals surface area contributed by atoms with Crippen LogP contribution in [0.2, 0.25) is 0 Å². The van der Waals surface area contributed by atoms with Crippen molar-refractivity contribution >= 4 is 11.6 Å². The van der Waals surface area contributed by atoms with Crippen molar-refractivity contribution in [1.29, 1.82) is 0 Å². The lowest BCUT2D eigenvalue weighted by atomic mass is 9.98. The highest BCUT2D eigenvalue weighted by Gasteiger charge is 2.32. The minimum absolute atomic E-state index is 0.00587. The topological polar surface area (TPSA) is 68.4 Å². The van der Waals surface area contributed by atoms with Crippen LogP contribution in [0, 0.1) is 12.8 Å². The molecule has 0 saturated carbocycles. The number of pyridine rings is 1. The van der Waals surface area contributed by atoms with Gasteiger partial charge in [-0.3, -0.25) is 0 Å². The zero-order valence-electron chi connectivity index (χ0n) is 15.2. The number of alkyl halides is 3. The van der Waals surface area contributed by atoms with Crippen LogP contribution < -0.4 is 9.64 Å². The molecule has 0 N–H and O–H groups in total. The molecule has 0 aliphatic carbocycles. The molecule has 0 amide bonds. The van der Waals surface area contributed by atoms with Crippen LogP contribution in [0.4, 0.5) is 19.0 Å². The van der Waals surface area contributed by atoms with Crippen LogP contribution in [0.5, 0.6) is 5.88 Å². The highest BCUT2D eigenvalue weighted by atomic mass is 19.4. The Hall–Kier alpha value is -2.91. The summed E-state index contributed by atoms with van der Waals surface area (Å²) in [6, 6.07) is 5.67. The molecule has 3 aromatic rings. The summed E-state index contributed by atoms with van der Waals surface area (Å²) in [4.78, 5) is 14.3. The van der Waals surface area contributed by atoms with Crippen LogP contribution in [-0.2, 0) is 6.18 Å². The average Bonchev–Trinajstić information content (AvgIpc) is 3.14. The molecule has 4 heterocycles. The van der Waals surface area contributed by atoms with Crippen LogP contribution in [0.25, 0.3) is 5.78 Å². The van der Waals surface area contributed by atoms with E-state index in [1.54, 1.807) is 4.52 Å². The van der Waals surface area contributed by atoms with Gasteiger partial charge >= 0.3 is 6.18 Å². The maximum absolute atomic E-state index is 12.7. The van der Waals surface area contributed by atoms with Crippen molar-refractivity contribution in [2.45, 2.75) is 25.9 Å². The van der Waals surface area contributed by atoms with E-state index < -0.39 is 11.9 Å². The van der Waals surface area contributed by atoms with Gasteiger partial charge in [0.25, 0.3) is 5.78 Å². The number of piperidine rings is 1. The summed E-state index contributed by atoms with van der Waals surface area (Å²) in [5.41, 5.74) is -0.0682. The molecule has 148 valence electrons. The van der Waals surface area contributed by atoms with Gasteiger partial charge in [-0.05, 0) is 31.7 Å². The summed E-state index contributed by atoms with van der Waals surface area (Å²) in [5.74, 6) is 1.77. The van der Waals surface area contributed by atoms with Crippen molar-refractivity contribution < 1.29 is 17.9 Å². The Balaban J connectivity index is 1.36. The highest BCUT2D eigenvalue weighted by molar-refractivity contribution is 5.47. The molecule has 28 heavy (non-hydrogen) atoms. The van der Waals surface area contributed by atoms with Crippen molar-refractivity contribution in [1.82, 2.24) is 24.6 Å². The third kappa shape index (κ3) is 3.85. The van der Waals surface area contributed by atoms with Crippen molar-refractivity contribution in [3.63, 3.8) is 0 Å². The minimum Gasteiger partial charge on any atom is -0.477 e.